The van der Waals surface area contributed by atoms with Crippen LogP contribution in [0.5, 0.6) is 11.5 Å². The van der Waals surface area contributed by atoms with Gasteiger partial charge in [-0.15, -0.1) is 0 Å². The lowest BCUT2D eigenvalue weighted by Crippen LogP contribution is -2.48. The summed E-state index contributed by atoms with van der Waals surface area (Å²) in [7, 11) is 3.07. The SMILES string of the molecule is CCOC(=O)[C@@H]1[C@@H](c2cc(OC)ccc2OC)C2(C(=O)c3ccccc3C2=O)[C@@H]2C=Cc3ccccc3N12. The Bertz CT molecular complexity index is 1470. The molecule has 1 spiro atoms. The number of hydrogen-bond donors (Lipinski definition) is 0. The van der Waals surface area contributed by atoms with Crippen LogP contribution in [0.4, 0.5) is 5.69 Å². The monoisotopic (exact) mass is 509 g/mol. The Kier molecular flexibility index (Phi) is 5.60. The van der Waals surface area contributed by atoms with Crippen LogP contribution < -0.4 is 14.4 Å². The van der Waals surface area contributed by atoms with Crippen molar-refractivity contribution in [2.24, 2.45) is 5.41 Å². The second kappa shape index (κ2) is 8.87. The molecule has 192 valence electrons. The maximum absolute atomic E-state index is 14.6. The molecule has 7 heteroatoms. The molecule has 2 aliphatic heterocycles. The van der Waals surface area contributed by atoms with Crippen molar-refractivity contribution < 1.29 is 28.6 Å². The van der Waals surface area contributed by atoms with Gasteiger partial charge < -0.3 is 19.1 Å². The van der Waals surface area contributed by atoms with Gasteiger partial charge in [-0.25, -0.2) is 4.79 Å². The van der Waals surface area contributed by atoms with Crippen molar-refractivity contribution in [2.75, 3.05) is 25.7 Å². The molecule has 0 aromatic heterocycles. The van der Waals surface area contributed by atoms with E-state index in [9.17, 15) is 14.4 Å². The number of carbonyl (C=O) groups excluding carboxylic acids is 3. The van der Waals surface area contributed by atoms with Gasteiger partial charge in [0, 0.05) is 28.3 Å². The summed E-state index contributed by atoms with van der Waals surface area (Å²) in [6.07, 6.45) is 3.80. The molecule has 0 radical (unpaired) electrons. The number of benzene rings is 3. The van der Waals surface area contributed by atoms with Gasteiger partial charge >= 0.3 is 5.97 Å². The quantitative estimate of drug-likeness (QED) is 0.364. The summed E-state index contributed by atoms with van der Waals surface area (Å²) in [6, 6.07) is 18.1. The third kappa shape index (κ3) is 3.05. The maximum Gasteiger partial charge on any atom is 0.329 e. The summed E-state index contributed by atoms with van der Waals surface area (Å²) in [5, 5.41) is 0. The molecule has 0 unspecified atom stereocenters. The van der Waals surface area contributed by atoms with E-state index in [1.54, 1.807) is 56.5 Å². The summed E-state index contributed by atoms with van der Waals surface area (Å²) in [5.74, 6) is -1.06. The van der Waals surface area contributed by atoms with E-state index in [4.69, 9.17) is 14.2 Å². The van der Waals surface area contributed by atoms with Crippen LogP contribution in [0.2, 0.25) is 0 Å². The summed E-state index contributed by atoms with van der Waals surface area (Å²) in [5.41, 5.74) is 1.30. The topological polar surface area (TPSA) is 82.1 Å². The highest BCUT2D eigenvalue weighted by molar-refractivity contribution is 6.32. The number of ether oxygens (including phenoxy) is 3. The summed E-state index contributed by atoms with van der Waals surface area (Å²) in [6.45, 7) is 1.90. The predicted molar refractivity (Wildman–Crippen MR) is 142 cm³/mol. The Hall–Kier alpha value is -4.39. The fourth-order valence-corrected chi connectivity index (χ4v) is 6.54. The minimum absolute atomic E-state index is 0.155. The van der Waals surface area contributed by atoms with E-state index in [1.165, 1.54) is 7.11 Å². The molecule has 0 saturated carbocycles. The third-order valence-electron chi connectivity index (χ3n) is 8.01. The number of fused-ring (bicyclic) bond motifs is 5. The highest BCUT2D eigenvalue weighted by atomic mass is 16.5. The highest BCUT2D eigenvalue weighted by Gasteiger charge is 2.72. The summed E-state index contributed by atoms with van der Waals surface area (Å²) < 4.78 is 16.9. The van der Waals surface area contributed by atoms with Gasteiger partial charge in [0.2, 0.25) is 0 Å². The zero-order valence-corrected chi connectivity index (χ0v) is 21.3. The minimum Gasteiger partial charge on any atom is -0.497 e. The number of esters is 1. The normalized spacial score (nSPS) is 22.2. The first-order valence-electron chi connectivity index (χ1n) is 12.6. The molecule has 38 heavy (non-hydrogen) atoms. The Morgan fingerprint density at radius 3 is 2.26 bits per heavy atom. The van der Waals surface area contributed by atoms with Gasteiger partial charge in [-0.3, -0.25) is 9.59 Å². The van der Waals surface area contributed by atoms with Crippen LogP contribution in [0.1, 0.15) is 44.7 Å². The molecule has 1 aliphatic carbocycles. The number of rotatable bonds is 5. The van der Waals surface area contributed by atoms with Crippen molar-refractivity contribution in [1.82, 2.24) is 0 Å². The van der Waals surface area contributed by atoms with Crippen molar-refractivity contribution in [3.8, 4) is 11.5 Å². The predicted octanol–water partition coefficient (Wildman–Crippen LogP) is 4.70. The number of methoxy groups -OCH3 is 2. The number of nitrogens with zero attached hydrogens (tertiary/aromatic N) is 1. The molecule has 7 nitrogen and oxygen atoms in total. The van der Waals surface area contributed by atoms with Crippen molar-refractivity contribution >= 4 is 29.3 Å². The van der Waals surface area contributed by atoms with Gasteiger partial charge in [-0.1, -0.05) is 54.6 Å². The fraction of sp³-hybridized carbons (Fsp3) is 0.258. The van der Waals surface area contributed by atoms with Crippen LogP contribution in [0.3, 0.4) is 0 Å². The van der Waals surface area contributed by atoms with Gasteiger partial charge in [0.15, 0.2) is 11.6 Å². The van der Waals surface area contributed by atoms with Crippen molar-refractivity contribution in [2.45, 2.75) is 24.9 Å². The third-order valence-corrected chi connectivity index (χ3v) is 8.01. The van der Waals surface area contributed by atoms with Crippen LogP contribution in [-0.2, 0) is 9.53 Å². The fourth-order valence-electron chi connectivity index (χ4n) is 6.54. The molecule has 6 rings (SSSR count). The zero-order valence-electron chi connectivity index (χ0n) is 21.3. The van der Waals surface area contributed by atoms with Gasteiger partial charge in [-0.05, 0) is 36.8 Å². The smallest absolute Gasteiger partial charge is 0.329 e. The van der Waals surface area contributed by atoms with Gasteiger partial charge in [0.25, 0.3) is 0 Å². The molecule has 0 bridgehead atoms. The van der Waals surface area contributed by atoms with Crippen molar-refractivity contribution in [3.63, 3.8) is 0 Å². The Balaban J connectivity index is 1.71. The molecule has 2 heterocycles. The second-order valence-electron chi connectivity index (χ2n) is 9.63. The van der Waals surface area contributed by atoms with Crippen LogP contribution in [-0.4, -0.2) is 50.4 Å². The molecule has 3 atom stereocenters. The van der Waals surface area contributed by atoms with Crippen molar-refractivity contribution in [1.29, 1.82) is 0 Å². The van der Waals surface area contributed by atoms with Gasteiger partial charge in [-0.2, -0.15) is 0 Å². The number of hydrogen-bond acceptors (Lipinski definition) is 7. The van der Waals surface area contributed by atoms with E-state index in [2.05, 4.69) is 0 Å². The largest absolute Gasteiger partial charge is 0.497 e. The van der Waals surface area contributed by atoms with E-state index < -0.39 is 29.4 Å². The van der Waals surface area contributed by atoms with Crippen LogP contribution in [0.25, 0.3) is 6.08 Å². The minimum atomic E-state index is -1.62. The molecular formula is C31H27NO6. The molecule has 0 N–H and O–H groups in total. The summed E-state index contributed by atoms with van der Waals surface area (Å²) in [4.78, 5) is 44.9. The second-order valence-corrected chi connectivity index (χ2v) is 9.63. The zero-order chi connectivity index (χ0) is 26.6. The molecule has 1 fully saturated rings. The molecule has 0 amide bonds. The lowest BCUT2D eigenvalue weighted by atomic mass is 9.64. The van der Waals surface area contributed by atoms with Crippen LogP contribution in [0, 0.1) is 5.41 Å². The first-order valence-corrected chi connectivity index (χ1v) is 12.6. The Labute approximate surface area is 220 Å². The molecule has 1 saturated heterocycles. The van der Waals surface area contributed by atoms with E-state index in [1.807, 2.05) is 41.3 Å². The molecule has 3 aromatic rings. The molecular weight excluding hydrogens is 482 g/mol. The van der Waals surface area contributed by atoms with E-state index in [0.29, 0.717) is 28.2 Å². The van der Waals surface area contributed by atoms with E-state index in [-0.39, 0.29) is 18.2 Å². The van der Waals surface area contributed by atoms with Crippen LogP contribution >= 0.6 is 0 Å². The number of carbonyl (C=O) groups is 3. The number of ketones is 2. The lowest BCUT2D eigenvalue weighted by Gasteiger charge is -2.36. The Morgan fingerprint density at radius 2 is 1.61 bits per heavy atom. The number of anilines is 1. The maximum atomic E-state index is 14.6. The highest BCUT2D eigenvalue weighted by Crippen LogP contribution is 2.61. The average Bonchev–Trinajstić information content (AvgIpc) is 3.39. The van der Waals surface area contributed by atoms with E-state index >= 15 is 0 Å². The average molecular weight is 510 g/mol. The first kappa shape index (κ1) is 24.0. The lowest BCUT2D eigenvalue weighted by molar-refractivity contribution is -0.145. The molecule has 3 aliphatic rings. The van der Waals surface area contributed by atoms with E-state index in [0.717, 1.165) is 11.3 Å². The standard InChI is InChI=1S/C31H27NO6/c1-4-38-30(35)27-26(22-17-19(36-2)14-15-24(22)37-3)31(28(33)20-10-6-7-11-21(20)29(31)34)25-16-13-18-9-5-8-12-23(18)32(25)27/h5-17,25-27H,4H2,1-3H3/t25-,26+,27-/m0/s1. The number of para-hydroxylation sites is 1. The van der Waals surface area contributed by atoms with Crippen LogP contribution in [0.15, 0.2) is 72.8 Å². The van der Waals surface area contributed by atoms with Gasteiger partial charge in [0.1, 0.15) is 23.0 Å². The first-order chi connectivity index (χ1) is 18.5. The molecule has 3 aromatic carbocycles. The van der Waals surface area contributed by atoms with Gasteiger partial charge in [0.05, 0.1) is 26.9 Å². The summed E-state index contributed by atoms with van der Waals surface area (Å²) >= 11 is 0. The number of Topliss-reactive ketones (excluding diaryl/α,β-unsaturated/α-hetero) is 2. The van der Waals surface area contributed by atoms with Crippen molar-refractivity contribution in [3.05, 3.63) is 95.1 Å². The Morgan fingerprint density at radius 1 is 0.921 bits per heavy atom.